The van der Waals surface area contributed by atoms with E-state index in [0.29, 0.717) is 18.5 Å². The standard InChI is InChI=1S/C26H37N5O.HI/c1-4-21(5-2)25(32)31-16-13-23(14-17-31)30-26(27-6-3)29-19-20-10-9-11-22(18-20)24-12-7-8-15-28-24;/h7-12,15,18,21,23H,4-6,13-14,16-17,19H2,1-3H3,(H2,27,29,30);1H. The number of nitrogens with one attached hydrogen (secondary N) is 2. The van der Waals surface area contributed by atoms with Crippen LogP contribution in [0.25, 0.3) is 11.3 Å². The van der Waals surface area contributed by atoms with Gasteiger partial charge in [0.25, 0.3) is 0 Å². The lowest BCUT2D eigenvalue weighted by atomic mass is 9.98. The van der Waals surface area contributed by atoms with Gasteiger partial charge in [-0.05, 0) is 56.4 Å². The van der Waals surface area contributed by atoms with Gasteiger partial charge < -0.3 is 15.5 Å². The van der Waals surface area contributed by atoms with Gasteiger partial charge in [0, 0.05) is 43.4 Å². The van der Waals surface area contributed by atoms with Gasteiger partial charge in [-0.15, -0.1) is 24.0 Å². The summed E-state index contributed by atoms with van der Waals surface area (Å²) in [5.74, 6) is 1.32. The number of piperidine rings is 1. The van der Waals surface area contributed by atoms with E-state index in [4.69, 9.17) is 4.99 Å². The summed E-state index contributed by atoms with van der Waals surface area (Å²) in [6.45, 7) is 9.33. The van der Waals surface area contributed by atoms with E-state index in [1.807, 2.05) is 29.3 Å². The fourth-order valence-corrected chi connectivity index (χ4v) is 4.19. The molecule has 0 radical (unpaired) electrons. The van der Waals surface area contributed by atoms with Gasteiger partial charge in [-0.2, -0.15) is 0 Å². The summed E-state index contributed by atoms with van der Waals surface area (Å²) in [6, 6.07) is 14.7. The maximum atomic E-state index is 12.6. The Balaban J connectivity index is 0.00000385. The molecule has 0 spiro atoms. The summed E-state index contributed by atoms with van der Waals surface area (Å²) in [6.07, 6.45) is 5.56. The van der Waals surface area contributed by atoms with Gasteiger partial charge in [0.05, 0.1) is 12.2 Å². The molecule has 0 unspecified atom stereocenters. The van der Waals surface area contributed by atoms with Crippen LogP contribution in [0.4, 0.5) is 0 Å². The molecule has 3 rings (SSSR count). The van der Waals surface area contributed by atoms with E-state index in [1.54, 1.807) is 0 Å². The molecular formula is C26H38IN5O. The second-order valence-corrected chi connectivity index (χ2v) is 8.37. The van der Waals surface area contributed by atoms with E-state index in [9.17, 15) is 4.79 Å². The average Bonchev–Trinajstić information content (AvgIpc) is 2.84. The highest BCUT2D eigenvalue weighted by atomic mass is 127. The van der Waals surface area contributed by atoms with Gasteiger partial charge in [-0.25, -0.2) is 4.99 Å². The van der Waals surface area contributed by atoms with Crippen molar-refractivity contribution in [1.29, 1.82) is 0 Å². The first-order valence-electron chi connectivity index (χ1n) is 12.0. The molecule has 2 aromatic rings. The zero-order valence-electron chi connectivity index (χ0n) is 20.1. The quantitative estimate of drug-likeness (QED) is 0.274. The van der Waals surface area contributed by atoms with Gasteiger partial charge in [0.2, 0.25) is 5.91 Å². The van der Waals surface area contributed by atoms with E-state index < -0.39 is 0 Å². The number of aromatic nitrogens is 1. The lowest BCUT2D eigenvalue weighted by Crippen LogP contribution is -2.50. The van der Waals surface area contributed by atoms with Crippen molar-refractivity contribution in [2.24, 2.45) is 10.9 Å². The highest BCUT2D eigenvalue weighted by Crippen LogP contribution is 2.19. The van der Waals surface area contributed by atoms with Crippen molar-refractivity contribution in [2.45, 2.75) is 59.0 Å². The first-order chi connectivity index (χ1) is 15.6. The Morgan fingerprint density at radius 1 is 1.12 bits per heavy atom. The number of benzene rings is 1. The number of halogens is 1. The predicted octanol–water partition coefficient (Wildman–Crippen LogP) is 4.85. The van der Waals surface area contributed by atoms with Crippen LogP contribution in [0.15, 0.2) is 53.7 Å². The van der Waals surface area contributed by atoms with Gasteiger partial charge in [0.15, 0.2) is 5.96 Å². The molecule has 0 bridgehead atoms. The van der Waals surface area contributed by atoms with E-state index in [0.717, 1.165) is 68.1 Å². The van der Waals surface area contributed by atoms with E-state index in [1.165, 1.54) is 0 Å². The Bertz CT molecular complexity index is 877. The Labute approximate surface area is 215 Å². The number of likely N-dealkylation sites (tertiary alicyclic amines) is 1. The molecule has 33 heavy (non-hydrogen) atoms. The molecular weight excluding hydrogens is 525 g/mol. The largest absolute Gasteiger partial charge is 0.357 e. The molecule has 1 saturated heterocycles. The Morgan fingerprint density at radius 3 is 2.52 bits per heavy atom. The van der Waals surface area contributed by atoms with Crippen LogP contribution < -0.4 is 10.6 Å². The monoisotopic (exact) mass is 563 g/mol. The summed E-state index contributed by atoms with van der Waals surface area (Å²) in [4.78, 5) is 23.9. The second-order valence-electron chi connectivity index (χ2n) is 8.37. The van der Waals surface area contributed by atoms with Crippen LogP contribution >= 0.6 is 24.0 Å². The van der Waals surface area contributed by atoms with Crippen molar-refractivity contribution < 1.29 is 4.79 Å². The third kappa shape index (κ3) is 7.98. The maximum Gasteiger partial charge on any atom is 0.225 e. The lowest BCUT2D eigenvalue weighted by molar-refractivity contribution is -0.136. The highest BCUT2D eigenvalue weighted by molar-refractivity contribution is 14.0. The number of hydrogen-bond donors (Lipinski definition) is 2. The number of amides is 1. The third-order valence-electron chi connectivity index (χ3n) is 6.13. The van der Waals surface area contributed by atoms with Crippen molar-refractivity contribution in [1.82, 2.24) is 20.5 Å². The molecule has 1 aromatic heterocycles. The molecule has 180 valence electrons. The molecule has 6 nitrogen and oxygen atoms in total. The number of pyridine rings is 1. The summed E-state index contributed by atoms with van der Waals surface area (Å²) < 4.78 is 0. The van der Waals surface area contributed by atoms with Crippen LogP contribution in [0.3, 0.4) is 0 Å². The van der Waals surface area contributed by atoms with Gasteiger partial charge >= 0.3 is 0 Å². The van der Waals surface area contributed by atoms with E-state index in [2.05, 4.69) is 60.7 Å². The van der Waals surface area contributed by atoms with Gasteiger partial charge in [-0.1, -0.05) is 38.1 Å². The summed E-state index contributed by atoms with van der Waals surface area (Å²) in [5, 5.41) is 6.94. The zero-order chi connectivity index (χ0) is 22.8. The minimum absolute atomic E-state index is 0. The third-order valence-corrected chi connectivity index (χ3v) is 6.13. The number of nitrogens with zero attached hydrogens (tertiary/aromatic N) is 3. The summed E-state index contributed by atoms with van der Waals surface area (Å²) >= 11 is 0. The SMILES string of the molecule is CCNC(=NCc1cccc(-c2ccccn2)c1)NC1CCN(C(=O)C(CC)CC)CC1.I. The lowest BCUT2D eigenvalue weighted by Gasteiger charge is -2.34. The topological polar surface area (TPSA) is 69.6 Å². The van der Waals surface area contributed by atoms with Crippen molar-refractivity contribution in [3.63, 3.8) is 0 Å². The molecule has 0 aliphatic carbocycles. The van der Waals surface area contributed by atoms with Gasteiger partial charge in [-0.3, -0.25) is 9.78 Å². The number of aliphatic imine (C=N–C) groups is 1. The minimum atomic E-state index is 0. The molecule has 2 heterocycles. The molecule has 1 aliphatic heterocycles. The Hall–Kier alpha value is -2.16. The number of hydrogen-bond acceptors (Lipinski definition) is 3. The second kappa shape index (κ2) is 14.2. The molecule has 1 aliphatic rings. The fraction of sp³-hybridized carbons (Fsp3) is 0.500. The van der Waals surface area contributed by atoms with Crippen LogP contribution in [0.1, 0.15) is 52.0 Å². The fourth-order valence-electron chi connectivity index (χ4n) is 4.19. The summed E-state index contributed by atoms with van der Waals surface area (Å²) in [5.41, 5.74) is 3.22. The average molecular weight is 564 g/mol. The number of rotatable bonds is 8. The smallest absolute Gasteiger partial charge is 0.225 e. The molecule has 7 heteroatoms. The Kier molecular flexibility index (Phi) is 11.6. The van der Waals surface area contributed by atoms with Crippen LogP contribution in [0.2, 0.25) is 0 Å². The normalized spacial score (nSPS) is 14.7. The van der Waals surface area contributed by atoms with Crippen molar-refractivity contribution in [2.75, 3.05) is 19.6 Å². The molecule has 1 fully saturated rings. The highest BCUT2D eigenvalue weighted by Gasteiger charge is 2.26. The minimum Gasteiger partial charge on any atom is -0.357 e. The molecule has 2 N–H and O–H groups in total. The summed E-state index contributed by atoms with van der Waals surface area (Å²) in [7, 11) is 0. The number of guanidine groups is 1. The van der Waals surface area contributed by atoms with Crippen LogP contribution in [0.5, 0.6) is 0 Å². The molecule has 0 saturated carbocycles. The number of carbonyl (C=O) groups is 1. The maximum absolute atomic E-state index is 12.6. The van der Waals surface area contributed by atoms with Crippen LogP contribution in [0, 0.1) is 5.92 Å². The number of carbonyl (C=O) groups excluding carboxylic acids is 1. The predicted molar refractivity (Wildman–Crippen MR) is 147 cm³/mol. The van der Waals surface area contributed by atoms with Crippen LogP contribution in [-0.2, 0) is 11.3 Å². The molecule has 1 amide bonds. The van der Waals surface area contributed by atoms with E-state index in [-0.39, 0.29) is 29.9 Å². The van der Waals surface area contributed by atoms with Crippen molar-refractivity contribution in [3.8, 4) is 11.3 Å². The van der Waals surface area contributed by atoms with Gasteiger partial charge in [0.1, 0.15) is 0 Å². The first-order valence-corrected chi connectivity index (χ1v) is 12.0. The molecule has 0 atom stereocenters. The molecule has 1 aromatic carbocycles. The van der Waals surface area contributed by atoms with Crippen LogP contribution in [-0.4, -0.2) is 47.4 Å². The Morgan fingerprint density at radius 2 is 1.88 bits per heavy atom. The first kappa shape index (κ1) is 27.1. The van der Waals surface area contributed by atoms with Crippen molar-refractivity contribution >= 4 is 35.8 Å². The van der Waals surface area contributed by atoms with Crippen molar-refractivity contribution in [3.05, 3.63) is 54.2 Å². The zero-order valence-corrected chi connectivity index (χ0v) is 22.4. The van der Waals surface area contributed by atoms with E-state index >= 15 is 0 Å².